The molecule has 0 aliphatic rings. The van der Waals surface area contributed by atoms with E-state index in [4.69, 9.17) is 15.7 Å². The summed E-state index contributed by atoms with van der Waals surface area (Å²) in [6, 6.07) is 6.16. The van der Waals surface area contributed by atoms with E-state index in [0.29, 0.717) is 5.75 Å². The zero-order chi connectivity index (χ0) is 12.9. The van der Waals surface area contributed by atoms with Crippen molar-refractivity contribution >= 4 is 15.7 Å². The molecule has 94 valence electrons. The molecule has 0 unspecified atom stereocenters. The van der Waals surface area contributed by atoms with E-state index < -0.39 is 9.84 Å². The van der Waals surface area contributed by atoms with Gasteiger partial charge in [0.05, 0.1) is 11.5 Å². The Morgan fingerprint density at radius 3 is 2.82 bits per heavy atom. The number of hydrogen-bond donors (Lipinski definition) is 2. The molecule has 1 aromatic carbocycles. The van der Waals surface area contributed by atoms with Gasteiger partial charge in [-0.15, -0.1) is 0 Å². The van der Waals surface area contributed by atoms with Crippen molar-refractivity contribution in [1.82, 2.24) is 0 Å². The number of hydrogen-bond acceptors (Lipinski definition) is 5. The van der Waals surface area contributed by atoms with Gasteiger partial charge >= 0.3 is 0 Å². The van der Waals surface area contributed by atoms with Gasteiger partial charge in [-0.25, -0.2) is 8.42 Å². The fraction of sp³-hybridized carbons (Fsp3) is 0.300. The fourth-order valence-corrected chi connectivity index (χ4v) is 1.77. The third-order valence-electron chi connectivity index (χ3n) is 1.99. The van der Waals surface area contributed by atoms with Crippen molar-refractivity contribution in [1.29, 1.82) is 0 Å². The molecule has 0 saturated carbocycles. The van der Waals surface area contributed by atoms with Crippen LogP contribution in [-0.4, -0.2) is 32.3 Å². The maximum absolute atomic E-state index is 11.3. The minimum Gasteiger partial charge on any atom is -0.493 e. The average Bonchev–Trinajstić information content (AvgIpc) is 2.28. The fourth-order valence-electron chi connectivity index (χ4n) is 1.12. The zero-order valence-corrected chi connectivity index (χ0v) is 10.1. The summed E-state index contributed by atoms with van der Waals surface area (Å²) in [5, 5.41) is 11.1. The molecule has 0 fully saturated rings. The van der Waals surface area contributed by atoms with Crippen molar-refractivity contribution in [3.05, 3.63) is 24.3 Å². The Morgan fingerprint density at radius 2 is 2.24 bits per heavy atom. The first-order chi connectivity index (χ1) is 7.93. The lowest BCUT2D eigenvalue weighted by Gasteiger charge is -2.06. The molecule has 0 aliphatic carbocycles. The first kappa shape index (κ1) is 13.3. The van der Waals surface area contributed by atoms with E-state index in [9.17, 15) is 8.42 Å². The molecule has 7 heteroatoms. The van der Waals surface area contributed by atoms with Crippen molar-refractivity contribution in [2.45, 2.75) is 11.3 Å². The number of rotatable bonds is 5. The largest absolute Gasteiger partial charge is 0.493 e. The smallest absolute Gasteiger partial charge is 0.175 e. The Kier molecular flexibility index (Phi) is 4.33. The van der Waals surface area contributed by atoms with Crippen molar-refractivity contribution in [2.75, 3.05) is 12.9 Å². The predicted octanol–water partition coefficient (Wildman–Crippen LogP) is 0.605. The monoisotopic (exact) mass is 258 g/mol. The molecule has 0 heterocycles. The lowest BCUT2D eigenvalue weighted by atomic mass is 10.3. The average molecular weight is 258 g/mol. The Bertz CT molecular complexity index is 511. The first-order valence-electron chi connectivity index (χ1n) is 4.83. The molecule has 0 aromatic heterocycles. The molecule has 0 atom stereocenters. The predicted molar refractivity (Wildman–Crippen MR) is 63.1 cm³/mol. The number of nitrogens with zero attached hydrogens (tertiary/aromatic N) is 1. The summed E-state index contributed by atoms with van der Waals surface area (Å²) < 4.78 is 27.8. The van der Waals surface area contributed by atoms with Crippen LogP contribution in [0.4, 0.5) is 0 Å². The molecule has 1 aromatic rings. The molecule has 0 spiro atoms. The Labute approximate surface area is 99.6 Å². The van der Waals surface area contributed by atoms with E-state index in [1.54, 1.807) is 12.1 Å². The van der Waals surface area contributed by atoms with Gasteiger partial charge in [-0.1, -0.05) is 11.2 Å². The highest BCUT2D eigenvalue weighted by Gasteiger charge is 2.07. The molecule has 1 rings (SSSR count). The van der Waals surface area contributed by atoms with Crippen LogP contribution in [0, 0.1) is 0 Å². The normalized spacial score (nSPS) is 12.4. The molecular weight excluding hydrogens is 244 g/mol. The van der Waals surface area contributed by atoms with Gasteiger partial charge in [-0.3, -0.25) is 0 Å². The van der Waals surface area contributed by atoms with E-state index in [2.05, 4.69) is 5.16 Å². The molecule has 0 amide bonds. The summed E-state index contributed by atoms with van der Waals surface area (Å²) in [5.41, 5.74) is 5.26. The van der Waals surface area contributed by atoms with E-state index >= 15 is 0 Å². The van der Waals surface area contributed by atoms with Gasteiger partial charge < -0.3 is 15.7 Å². The Balaban J connectivity index is 2.67. The second-order valence-electron chi connectivity index (χ2n) is 3.44. The van der Waals surface area contributed by atoms with Gasteiger partial charge in [-0.05, 0) is 18.2 Å². The minimum atomic E-state index is -3.24. The summed E-state index contributed by atoms with van der Waals surface area (Å²) in [4.78, 5) is 0.193. The lowest BCUT2D eigenvalue weighted by Crippen LogP contribution is -2.15. The van der Waals surface area contributed by atoms with E-state index in [1.165, 1.54) is 12.1 Å². The van der Waals surface area contributed by atoms with Gasteiger partial charge in [0.15, 0.2) is 9.84 Å². The maximum Gasteiger partial charge on any atom is 0.175 e. The molecular formula is C10H14N2O4S. The van der Waals surface area contributed by atoms with Crippen LogP contribution in [0.5, 0.6) is 5.75 Å². The number of amidine groups is 1. The zero-order valence-electron chi connectivity index (χ0n) is 9.33. The van der Waals surface area contributed by atoms with Gasteiger partial charge in [0.25, 0.3) is 0 Å². The quantitative estimate of drug-likeness (QED) is 0.348. The van der Waals surface area contributed by atoms with Crippen molar-refractivity contribution in [3.8, 4) is 5.75 Å². The third-order valence-corrected chi connectivity index (χ3v) is 3.10. The summed E-state index contributed by atoms with van der Waals surface area (Å²) in [6.07, 6.45) is 1.39. The van der Waals surface area contributed by atoms with Crippen LogP contribution >= 0.6 is 0 Å². The summed E-state index contributed by atoms with van der Waals surface area (Å²) >= 11 is 0. The van der Waals surface area contributed by atoms with E-state index in [1.807, 2.05) is 0 Å². The van der Waals surface area contributed by atoms with Crippen molar-refractivity contribution < 1.29 is 18.4 Å². The number of nitrogens with two attached hydrogens (primary N) is 1. The van der Waals surface area contributed by atoms with E-state index in [-0.39, 0.29) is 23.8 Å². The molecule has 0 radical (unpaired) electrons. The van der Waals surface area contributed by atoms with Crippen LogP contribution in [0.1, 0.15) is 6.42 Å². The van der Waals surface area contributed by atoms with Crippen LogP contribution in [0.2, 0.25) is 0 Å². The highest BCUT2D eigenvalue weighted by molar-refractivity contribution is 7.90. The van der Waals surface area contributed by atoms with E-state index in [0.717, 1.165) is 6.26 Å². The first-order valence-corrected chi connectivity index (χ1v) is 6.72. The van der Waals surface area contributed by atoms with Gasteiger partial charge in [0.2, 0.25) is 0 Å². The SMILES string of the molecule is CS(=O)(=O)c1cccc(OCC/C(N)=N/O)c1. The second kappa shape index (κ2) is 5.53. The van der Waals surface area contributed by atoms with Crippen LogP contribution in [0.25, 0.3) is 0 Å². The number of sulfone groups is 1. The Morgan fingerprint density at radius 1 is 1.53 bits per heavy atom. The standard InChI is InChI=1S/C10H14N2O4S/c1-17(14,15)9-4-2-3-8(7-9)16-6-5-10(11)12-13/h2-4,7,13H,5-6H2,1H3,(H2,11,12). The minimum absolute atomic E-state index is 0.0595. The van der Waals surface area contributed by atoms with Crippen LogP contribution in [0.15, 0.2) is 34.3 Å². The third kappa shape index (κ3) is 4.31. The highest BCUT2D eigenvalue weighted by atomic mass is 32.2. The second-order valence-corrected chi connectivity index (χ2v) is 5.45. The summed E-state index contributed by atoms with van der Waals surface area (Å²) in [6.45, 7) is 0.211. The molecule has 3 N–H and O–H groups in total. The number of benzene rings is 1. The maximum atomic E-state index is 11.3. The molecule has 17 heavy (non-hydrogen) atoms. The molecule has 6 nitrogen and oxygen atoms in total. The van der Waals surface area contributed by atoms with Crippen LogP contribution in [0.3, 0.4) is 0 Å². The highest BCUT2D eigenvalue weighted by Crippen LogP contribution is 2.17. The molecule has 0 aliphatic heterocycles. The van der Waals surface area contributed by atoms with Crippen molar-refractivity contribution in [2.24, 2.45) is 10.9 Å². The Hall–Kier alpha value is -1.76. The summed E-state index contributed by atoms with van der Waals surface area (Å²) in [7, 11) is -3.24. The molecule has 0 saturated heterocycles. The summed E-state index contributed by atoms with van der Waals surface area (Å²) in [5.74, 6) is 0.489. The van der Waals surface area contributed by atoms with Gasteiger partial charge in [0.1, 0.15) is 11.6 Å². The van der Waals surface area contributed by atoms with Gasteiger partial charge in [0, 0.05) is 12.7 Å². The van der Waals surface area contributed by atoms with Crippen molar-refractivity contribution in [3.63, 3.8) is 0 Å². The number of oxime groups is 1. The van der Waals surface area contributed by atoms with Crippen LogP contribution in [-0.2, 0) is 9.84 Å². The lowest BCUT2D eigenvalue weighted by molar-refractivity contribution is 0.305. The topological polar surface area (TPSA) is 102 Å². The van der Waals surface area contributed by atoms with Gasteiger partial charge in [-0.2, -0.15) is 0 Å². The van der Waals surface area contributed by atoms with Crippen LogP contribution < -0.4 is 10.5 Å². The molecule has 0 bridgehead atoms. The number of ether oxygens (including phenoxy) is 1.